The summed E-state index contributed by atoms with van der Waals surface area (Å²) in [6, 6.07) is 9.41. The third-order valence-electron chi connectivity index (χ3n) is 3.52. The maximum absolute atomic E-state index is 13.4. The first-order chi connectivity index (χ1) is 10.9. The van der Waals surface area contributed by atoms with E-state index >= 15 is 0 Å². The van der Waals surface area contributed by atoms with Gasteiger partial charge in [0, 0.05) is 11.8 Å². The van der Waals surface area contributed by atoms with Crippen LogP contribution in [0.1, 0.15) is 24.7 Å². The number of nitrogens with zero attached hydrogens (tertiary/aromatic N) is 2. The van der Waals surface area contributed by atoms with Crippen molar-refractivity contribution >= 4 is 5.65 Å². The van der Waals surface area contributed by atoms with E-state index in [1.54, 1.807) is 30.3 Å². The normalized spacial score (nSPS) is 12.0. The van der Waals surface area contributed by atoms with Crippen molar-refractivity contribution in [1.82, 2.24) is 14.6 Å². The molecular weight excluding hydrogens is 307 g/mol. The molecule has 120 valence electrons. The molecule has 1 N–H and O–H groups in total. The van der Waals surface area contributed by atoms with E-state index in [0.717, 1.165) is 10.9 Å². The number of hydrogen-bond donors (Lipinski definition) is 1. The highest BCUT2D eigenvalue weighted by atomic mass is 19.4. The number of halogens is 3. The smallest absolute Gasteiger partial charge is 0.284 e. The van der Waals surface area contributed by atoms with E-state index in [9.17, 15) is 18.0 Å². The largest absolute Gasteiger partial charge is 0.433 e. The third kappa shape index (κ3) is 2.74. The lowest BCUT2D eigenvalue weighted by atomic mass is 10.1. The van der Waals surface area contributed by atoms with Crippen LogP contribution in [0.5, 0.6) is 0 Å². The molecule has 3 aromatic rings. The summed E-state index contributed by atoms with van der Waals surface area (Å²) >= 11 is 0. The van der Waals surface area contributed by atoms with Gasteiger partial charge in [-0.1, -0.05) is 43.7 Å². The Morgan fingerprint density at radius 2 is 1.91 bits per heavy atom. The van der Waals surface area contributed by atoms with Gasteiger partial charge in [-0.25, -0.2) is 9.50 Å². The minimum Gasteiger partial charge on any atom is -0.284 e. The molecule has 2 heterocycles. The topological polar surface area (TPSA) is 50.2 Å². The number of nitrogens with one attached hydrogen (secondary N) is 1. The van der Waals surface area contributed by atoms with Crippen LogP contribution in [-0.4, -0.2) is 14.6 Å². The molecule has 0 aliphatic carbocycles. The summed E-state index contributed by atoms with van der Waals surface area (Å²) in [5.41, 5.74) is -0.776. The molecule has 0 unspecified atom stereocenters. The fraction of sp³-hybridized carbons (Fsp3) is 0.250. The predicted octanol–water partition coefficient (Wildman–Crippen LogP) is 3.66. The number of aryl methyl sites for hydroxylation is 1. The molecular formula is C16H14F3N3O. The van der Waals surface area contributed by atoms with Crippen LogP contribution in [0.2, 0.25) is 0 Å². The van der Waals surface area contributed by atoms with Gasteiger partial charge in [0.1, 0.15) is 5.69 Å². The van der Waals surface area contributed by atoms with Gasteiger partial charge in [-0.15, -0.1) is 0 Å². The van der Waals surface area contributed by atoms with Crippen molar-refractivity contribution in [3.8, 4) is 11.1 Å². The summed E-state index contributed by atoms with van der Waals surface area (Å²) in [7, 11) is 0. The van der Waals surface area contributed by atoms with Gasteiger partial charge in [-0.2, -0.15) is 13.2 Å². The number of aromatic amines is 1. The molecule has 23 heavy (non-hydrogen) atoms. The SMILES string of the molecule is CCCc1cc(=O)n2[nH]c(C(F)(F)F)c(-c3ccccc3)c2n1. The van der Waals surface area contributed by atoms with Crippen molar-refractivity contribution in [3.05, 3.63) is 58.1 Å². The van der Waals surface area contributed by atoms with Gasteiger partial charge in [-0.05, 0) is 12.0 Å². The van der Waals surface area contributed by atoms with Gasteiger partial charge in [0.15, 0.2) is 5.65 Å². The lowest BCUT2D eigenvalue weighted by Crippen LogP contribution is -2.16. The van der Waals surface area contributed by atoms with Crippen molar-refractivity contribution in [1.29, 1.82) is 0 Å². The number of aromatic nitrogens is 3. The van der Waals surface area contributed by atoms with Crippen molar-refractivity contribution < 1.29 is 13.2 Å². The first-order valence-corrected chi connectivity index (χ1v) is 7.19. The molecule has 0 atom stereocenters. The van der Waals surface area contributed by atoms with E-state index in [4.69, 9.17) is 0 Å². The van der Waals surface area contributed by atoms with E-state index in [0.29, 0.717) is 17.7 Å². The predicted molar refractivity (Wildman–Crippen MR) is 80.2 cm³/mol. The highest BCUT2D eigenvalue weighted by Crippen LogP contribution is 2.37. The molecule has 0 spiro atoms. The minimum atomic E-state index is -4.61. The Morgan fingerprint density at radius 1 is 1.22 bits per heavy atom. The Kier molecular flexibility index (Phi) is 3.71. The molecule has 3 rings (SSSR count). The average Bonchev–Trinajstić information content (AvgIpc) is 2.88. The van der Waals surface area contributed by atoms with Crippen molar-refractivity contribution in [2.24, 2.45) is 0 Å². The monoisotopic (exact) mass is 321 g/mol. The quantitative estimate of drug-likeness (QED) is 0.800. The minimum absolute atomic E-state index is 0.000486. The van der Waals surface area contributed by atoms with E-state index < -0.39 is 17.4 Å². The van der Waals surface area contributed by atoms with Gasteiger partial charge in [0.05, 0.1) is 5.56 Å². The van der Waals surface area contributed by atoms with Gasteiger partial charge in [-0.3, -0.25) is 9.89 Å². The summed E-state index contributed by atoms with van der Waals surface area (Å²) in [4.78, 5) is 16.4. The maximum atomic E-state index is 13.4. The lowest BCUT2D eigenvalue weighted by molar-refractivity contribution is -0.140. The molecule has 0 aliphatic heterocycles. The second-order valence-electron chi connectivity index (χ2n) is 5.22. The first kappa shape index (κ1) is 15.3. The summed E-state index contributed by atoms with van der Waals surface area (Å²) in [5.74, 6) is 0. The fourth-order valence-corrected chi connectivity index (χ4v) is 2.55. The molecule has 2 aromatic heterocycles. The molecule has 4 nitrogen and oxygen atoms in total. The molecule has 0 fully saturated rings. The molecule has 0 aliphatic rings. The Morgan fingerprint density at radius 3 is 2.52 bits per heavy atom. The Balaban J connectivity index is 2.39. The fourth-order valence-electron chi connectivity index (χ4n) is 2.55. The van der Waals surface area contributed by atoms with E-state index in [-0.39, 0.29) is 11.2 Å². The van der Waals surface area contributed by atoms with Gasteiger partial charge < -0.3 is 0 Å². The van der Waals surface area contributed by atoms with Crippen LogP contribution in [0.25, 0.3) is 16.8 Å². The van der Waals surface area contributed by atoms with Crippen LogP contribution in [0.4, 0.5) is 13.2 Å². The zero-order valence-corrected chi connectivity index (χ0v) is 12.3. The Labute approximate surface area is 129 Å². The second-order valence-corrected chi connectivity index (χ2v) is 5.22. The van der Waals surface area contributed by atoms with E-state index in [1.165, 1.54) is 6.07 Å². The molecule has 7 heteroatoms. The molecule has 0 amide bonds. The average molecular weight is 321 g/mol. The standard InChI is InChI=1S/C16H14F3N3O/c1-2-6-11-9-12(23)22-15(20-11)13(10-7-4-3-5-8-10)14(21-22)16(17,18)19/h3-5,7-9,21H,2,6H2,1H3. The summed E-state index contributed by atoms with van der Waals surface area (Å²) in [6.07, 6.45) is -3.33. The first-order valence-electron chi connectivity index (χ1n) is 7.19. The number of hydrogen-bond acceptors (Lipinski definition) is 2. The third-order valence-corrected chi connectivity index (χ3v) is 3.52. The maximum Gasteiger partial charge on any atom is 0.433 e. The number of benzene rings is 1. The van der Waals surface area contributed by atoms with Gasteiger partial charge >= 0.3 is 6.18 Å². The zero-order chi connectivity index (χ0) is 16.6. The highest BCUT2D eigenvalue weighted by Gasteiger charge is 2.38. The van der Waals surface area contributed by atoms with Crippen LogP contribution in [0.15, 0.2) is 41.2 Å². The number of fused-ring (bicyclic) bond motifs is 1. The molecule has 0 saturated heterocycles. The molecule has 0 radical (unpaired) electrons. The van der Waals surface area contributed by atoms with Crippen molar-refractivity contribution in [2.75, 3.05) is 0 Å². The summed E-state index contributed by atoms with van der Waals surface area (Å²) in [5, 5.41) is 2.16. The highest BCUT2D eigenvalue weighted by molar-refractivity contribution is 5.80. The van der Waals surface area contributed by atoms with E-state index in [1.807, 2.05) is 6.92 Å². The van der Waals surface area contributed by atoms with Gasteiger partial charge in [0.2, 0.25) is 0 Å². The molecule has 1 aromatic carbocycles. The molecule has 0 bridgehead atoms. The van der Waals surface area contributed by atoms with E-state index in [2.05, 4.69) is 10.1 Å². The van der Waals surface area contributed by atoms with Crippen LogP contribution in [-0.2, 0) is 12.6 Å². The van der Waals surface area contributed by atoms with Gasteiger partial charge in [0.25, 0.3) is 5.56 Å². The van der Waals surface area contributed by atoms with Crippen LogP contribution < -0.4 is 5.56 Å². The number of H-pyrrole nitrogens is 1. The Bertz CT molecular complexity index is 895. The summed E-state index contributed by atoms with van der Waals surface area (Å²) < 4.78 is 41.0. The lowest BCUT2D eigenvalue weighted by Gasteiger charge is -2.07. The van der Waals surface area contributed by atoms with Crippen LogP contribution in [0.3, 0.4) is 0 Å². The number of rotatable bonds is 3. The number of alkyl halides is 3. The van der Waals surface area contributed by atoms with Crippen molar-refractivity contribution in [2.45, 2.75) is 25.9 Å². The van der Waals surface area contributed by atoms with Crippen LogP contribution >= 0.6 is 0 Å². The zero-order valence-electron chi connectivity index (χ0n) is 12.3. The molecule has 0 saturated carbocycles. The second kappa shape index (κ2) is 5.57. The van der Waals surface area contributed by atoms with Crippen molar-refractivity contribution in [3.63, 3.8) is 0 Å². The van der Waals surface area contributed by atoms with Crippen LogP contribution in [0, 0.1) is 0 Å². The Hall–Kier alpha value is -2.57. The summed E-state index contributed by atoms with van der Waals surface area (Å²) in [6.45, 7) is 1.92.